The second-order valence-corrected chi connectivity index (χ2v) is 26.6. The largest absolute Gasteiger partial charge is 0.756 e. The van der Waals surface area contributed by atoms with Crippen LogP contribution in [0.3, 0.4) is 0 Å². The monoisotopic (exact) mass is 1180 g/mol. The highest BCUT2D eigenvalue weighted by atomic mass is 31.2. The molecule has 0 heterocycles. The van der Waals surface area contributed by atoms with E-state index in [1.165, 1.54) is 218 Å². The second kappa shape index (κ2) is 64.2. The first-order valence-corrected chi connectivity index (χ1v) is 36.9. The Balaban J connectivity index is 4.02. The van der Waals surface area contributed by atoms with Gasteiger partial charge in [0.1, 0.15) is 13.2 Å². The number of quaternary nitrogens is 1. The molecule has 0 spiro atoms. The zero-order valence-electron chi connectivity index (χ0n) is 55.4. The first kappa shape index (κ1) is 80.7. The van der Waals surface area contributed by atoms with Gasteiger partial charge in [0, 0.05) is 6.42 Å². The maximum absolute atomic E-state index is 13.1. The Morgan fingerprint density at radius 2 is 0.735 bits per heavy atom. The highest BCUT2D eigenvalue weighted by Crippen LogP contribution is 2.38. The number of hydrogen-bond donors (Lipinski definition) is 2. The smallest absolute Gasteiger partial charge is 0.268 e. The lowest BCUT2D eigenvalue weighted by Crippen LogP contribution is -2.46. The van der Waals surface area contributed by atoms with Crippen LogP contribution >= 0.6 is 7.82 Å². The average Bonchev–Trinajstić information content (AvgIpc) is 3.50. The lowest BCUT2D eigenvalue weighted by molar-refractivity contribution is -0.870. The van der Waals surface area contributed by atoms with Gasteiger partial charge in [-0.1, -0.05) is 336 Å². The zero-order valence-corrected chi connectivity index (χ0v) is 56.3. The Labute approximate surface area is 516 Å². The number of phosphoric acid groups is 1. The number of phosphoric ester groups is 1. The molecule has 0 saturated heterocycles. The summed E-state index contributed by atoms with van der Waals surface area (Å²) in [4.78, 5) is 25.7. The summed E-state index contributed by atoms with van der Waals surface area (Å²) in [6.07, 6.45) is 90.8. The van der Waals surface area contributed by atoms with E-state index in [9.17, 15) is 19.4 Å². The van der Waals surface area contributed by atoms with Crippen LogP contribution < -0.4 is 10.2 Å². The van der Waals surface area contributed by atoms with Gasteiger partial charge in [-0.25, -0.2) is 0 Å². The molecule has 3 unspecified atom stereocenters. The first-order valence-electron chi connectivity index (χ1n) is 35.4. The van der Waals surface area contributed by atoms with E-state index in [1.54, 1.807) is 0 Å². The number of likely N-dealkylation sites (N-methyl/N-ethyl adjacent to an activating group) is 1. The number of aliphatic hydroxyl groups excluding tert-OH is 1. The van der Waals surface area contributed by atoms with Crippen molar-refractivity contribution in [3.63, 3.8) is 0 Å². The SMILES string of the molecule is CC/C=C\C/C=C\C/C=C\C/C=C\C/C=C\C/C=C\C/C=C\CCCCCCCCCCCCCCCCCC(=O)NC(COP(=O)([O-])OCC[N+](C)(C)C)C(O)CCCCCCCCCCCCCCCCCCCCCCCCCC. The summed E-state index contributed by atoms with van der Waals surface area (Å²) in [6, 6.07) is -0.806. The number of rotatable bonds is 65. The Hall–Kier alpha value is -2.32. The van der Waals surface area contributed by atoms with Gasteiger partial charge in [0.15, 0.2) is 0 Å². The number of nitrogens with one attached hydrogen (secondary N) is 1. The van der Waals surface area contributed by atoms with E-state index in [2.05, 4.69) is 104 Å². The number of amides is 1. The Kier molecular flexibility index (Phi) is 62.4. The van der Waals surface area contributed by atoms with Crippen molar-refractivity contribution in [3.05, 3.63) is 85.1 Å². The molecule has 0 fully saturated rings. The number of carbonyl (C=O) groups excluding carboxylic acids is 1. The molecule has 484 valence electrons. The third kappa shape index (κ3) is 67.1. The van der Waals surface area contributed by atoms with E-state index < -0.39 is 20.0 Å². The number of nitrogens with zero attached hydrogens (tertiary/aromatic N) is 1. The molecule has 0 aliphatic carbocycles. The Morgan fingerprint density at radius 3 is 1.07 bits per heavy atom. The predicted octanol–water partition coefficient (Wildman–Crippen LogP) is 22.1. The normalized spacial score (nSPS) is 14.2. The summed E-state index contributed by atoms with van der Waals surface area (Å²) >= 11 is 0. The van der Waals surface area contributed by atoms with Gasteiger partial charge in [0.2, 0.25) is 5.91 Å². The van der Waals surface area contributed by atoms with Gasteiger partial charge in [-0.3, -0.25) is 9.36 Å². The van der Waals surface area contributed by atoms with Crippen LogP contribution in [0.25, 0.3) is 0 Å². The van der Waals surface area contributed by atoms with Crippen molar-refractivity contribution in [1.29, 1.82) is 0 Å². The fraction of sp³-hybridized carbons (Fsp3) is 0.797. The summed E-state index contributed by atoms with van der Waals surface area (Å²) in [5.41, 5.74) is 0. The van der Waals surface area contributed by atoms with Crippen LogP contribution in [0.1, 0.15) is 328 Å². The molecule has 8 nitrogen and oxygen atoms in total. The van der Waals surface area contributed by atoms with Gasteiger partial charge in [0.25, 0.3) is 7.82 Å². The molecule has 1 amide bonds. The van der Waals surface area contributed by atoms with Gasteiger partial charge in [-0.05, 0) is 70.6 Å². The minimum absolute atomic E-state index is 0.0110. The fourth-order valence-electron chi connectivity index (χ4n) is 10.4. The summed E-state index contributed by atoms with van der Waals surface area (Å²) in [7, 11) is 1.31. The minimum Gasteiger partial charge on any atom is -0.756 e. The van der Waals surface area contributed by atoms with E-state index in [1.807, 2.05) is 21.1 Å². The quantitative estimate of drug-likeness (QED) is 0.0272. The molecule has 0 rings (SSSR count). The first-order chi connectivity index (χ1) is 40.5. The average molecular weight is 1180 g/mol. The molecule has 0 aromatic heterocycles. The number of carbonyl (C=O) groups is 1. The molecule has 3 atom stereocenters. The zero-order chi connectivity index (χ0) is 60.5. The van der Waals surface area contributed by atoms with E-state index in [-0.39, 0.29) is 19.1 Å². The molecule has 0 aliphatic heterocycles. The van der Waals surface area contributed by atoms with Crippen molar-refractivity contribution in [1.82, 2.24) is 5.32 Å². The van der Waals surface area contributed by atoms with Crippen LogP contribution in [0.15, 0.2) is 85.1 Å². The van der Waals surface area contributed by atoms with Gasteiger partial charge in [0.05, 0.1) is 39.9 Å². The van der Waals surface area contributed by atoms with Crippen molar-refractivity contribution in [2.75, 3.05) is 40.9 Å². The Morgan fingerprint density at radius 1 is 0.434 bits per heavy atom. The summed E-state index contributed by atoms with van der Waals surface area (Å²) in [5, 5.41) is 14.1. The third-order valence-corrected chi connectivity index (χ3v) is 16.9. The topological polar surface area (TPSA) is 108 Å². The third-order valence-electron chi connectivity index (χ3n) is 15.9. The van der Waals surface area contributed by atoms with E-state index >= 15 is 0 Å². The van der Waals surface area contributed by atoms with Crippen LogP contribution in [0.4, 0.5) is 0 Å². The van der Waals surface area contributed by atoms with Crippen LogP contribution in [0, 0.1) is 0 Å². The maximum atomic E-state index is 13.1. The Bertz CT molecular complexity index is 1630. The lowest BCUT2D eigenvalue weighted by atomic mass is 10.0. The van der Waals surface area contributed by atoms with E-state index in [0.29, 0.717) is 23.9 Å². The van der Waals surface area contributed by atoms with Gasteiger partial charge in [-0.15, -0.1) is 0 Å². The molecule has 0 aromatic carbocycles. The molecule has 83 heavy (non-hydrogen) atoms. The lowest BCUT2D eigenvalue weighted by Gasteiger charge is -2.30. The van der Waals surface area contributed by atoms with Gasteiger partial charge in [-0.2, -0.15) is 0 Å². The second-order valence-electron chi connectivity index (χ2n) is 25.2. The predicted molar refractivity (Wildman–Crippen MR) is 362 cm³/mol. The molecule has 0 aromatic rings. The van der Waals surface area contributed by atoms with Crippen molar-refractivity contribution < 1.29 is 32.9 Å². The molecule has 0 radical (unpaired) electrons. The fourth-order valence-corrected chi connectivity index (χ4v) is 11.2. The number of aliphatic hydroxyl groups is 1. The molecule has 0 saturated carbocycles. The minimum atomic E-state index is -4.58. The summed E-state index contributed by atoms with van der Waals surface area (Å²) in [6.45, 7) is 4.65. The van der Waals surface area contributed by atoms with Crippen LogP contribution in [0.5, 0.6) is 0 Å². The standard InChI is InChI=1S/C74H137N2O6P/c1-6-8-10-12-14-16-18-20-22-24-26-28-30-32-33-34-35-36-37-38-39-40-41-42-43-44-46-48-50-52-54-56-58-60-62-64-66-68-74(78)75-72(71-82-83(79,80)81-70-69-76(3,4)5)73(77)67-65-63-61-59-57-55-53-51-49-47-45-31-29-27-25-23-21-19-17-15-13-11-9-7-2/h8,10,14,16,20,22,26,28,32-33,35-36,38-39,72-73,77H,6-7,9,11-13,15,17-19,21,23-25,27,29-31,34,37,40-71H2,1-5H3,(H-,75,78,79,80)/b10-8-,16-14-,22-20-,28-26-,33-32-,36-35-,39-38-. The van der Waals surface area contributed by atoms with Crippen molar-refractivity contribution in [2.45, 2.75) is 341 Å². The maximum Gasteiger partial charge on any atom is 0.268 e. The number of hydrogen-bond acceptors (Lipinski definition) is 6. The molecular formula is C74H137N2O6P. The van der Waals surface area contributed by atoms with Gasteiger partial charge < -0.3 is 28.8 Å². The molecule has 9 heteroatoms. The van der Waals surface area contributed by atoms with E-state index in [4.69, 9.17) is 9.05 Å². The van der Waals surface area contributed by atoms with E-state index in [0.717, 1.165) is 83.5 Å². The molecule has 2 N–H and O–H groups in total. The molecular weight excluding hydrogens is 1040 g/mol. The van der Waals surface area contributed by atoms with Crippen molar-refractivity contribution in [2.24, 2.45) is 0 Å². The van der Waals surface area contributed by atoms with Crippen LogP contribution in [0.2, 0.25) is 0 Å². The number of unbranched alkanes of at least 4 members (excludes halogenated alkanes) is 38. The highest BCUT2D eigenvalue weighted by Gasteiger charge is 2.24. The summed E-state index contributed by atoms with van der Waals surface area (Å²) in [5.74, 6) is -0.163. The molecule has 0 aliphatic rings. The number of allylic oxidation sites excluding steroid dienone is 14. The summed E-state index contributed by atoms with van der Waals surface area (Å²) < 4.78 is 23.5. The van der Waals surface area contributed by atoms with Crippen LogP contribution in [-0.2, 0) is 18.4 Å². The highest BCUT2D eigenvalue weighted by molar-refractivity contribution is 7.45. The van der Waals surface area contributed by atoms with Gasteiger partial charge >= 0.3 is 0 Å². The van der Waals surface area contributed by atoms with Crippen molar-refractivity contribution >= 4 is 13.7 Å². The van der Waals surface area contributed by atoms with Crippen molar-refractivity contribution in [3.8, 4) is 0 Å². The van der Waals surface area contributed by atoms with Crippen LogP contribution in [-0.4, -0.2) is 68.5 Å². The molecule has 0 bridgehead atoms.